The number of para-hydroxylation sites is 1. The van der Waals surface area contributed by atoms with Crippen LogP contribution in [0.4, 0.5) is 11.4 Å². The molecule has 1 aliphatic heterocycles. The molecule has 0 aromatic heterocycles. The van der Waals surface area contributed by atoms with E-state index in [1.165, 1.54) is 17.0 Å². The molecular weight excluding hydrogens is 504 g/mol. The van der Waals surface area contributed by atoms with E-state index in [1.54, 1.807) is 43.5 Å². The Bertz CT molecular complexity index is 1400. The van der Waals surface area contributed by atoms with E-state index in [-0.39, 0.29) is 28.6 Å². The number of carbonyl (C=O) groups is 2. The molecule has 1 atom stereocenters. The van der Waals surface area contributed by atoms with Gasteiger partial charge in [-0.25, -0.2) is 0 Å². The fraction of sp³-hybridized carbons (Fsp3) is 0.179. The molecule has 0 saturated carbocycles. The number of rotatable bonds is 9. The molecule has 9 nitrogen and oxygen atoms in total. The zero-order valence-corrected chi connectivity index (χ0v) is 21.3. The monoisotopic (exact) mass is 528 g/mol. The van der Waals surface area contributed by atoms with Crippen molar-refractivity contribution < 1.29 is 19.2 Å². The number of nitriles is 1. The van der Waals surface area contributed by atoms with Crippen molar-refractivity contribution in [2.45, 2.75) is 18.1 Å². The second-order valence-corrected chi connectivity index (χ2v) is 9.58. The van der Waals surface area contributed by atoms with Crippen LogP contribution in [0.3, 0.4) is 0 Å². The Morgan fingerprint density at radius 1 is 1.08 bits per heavy atom. The Hall–Kier alpha value is -4.62. The molecule has 0 unspecified atom stereocenters. The number of methoxy groups -OCH3 is 1. The first-order valence-corrected chi connectivity index (χ1v) is 12.6. The van der Waals surface area contributed by atoms with Gasteiger partial charge in [-0.15, -0.1) is 0 Å². The number of hydrogen-bond donors (Lipinski definition) is 1. The van der Waals surface area contributed by atoms with Gasteiger partial charge in [-0.2, -0.15) is 5.26 Å². The quantitative estimate of drug-likeness (QED) is 0.189. The van der Waals surface area contributed by atoms with Gasteiger partial charge in [0, 0.05) is 24.4 Å². The number of benzene rings is 3. The lowest BCUT2D eigenvalue weighted by atomic mass is 10.1. The van der Waals surface area contributed by atoms with Crippen LogP contribution >= 0.6 is 11.8 Å². The van der Waals surface area contributed by atoms with Gasteiger partial charge in [0.25, 0.3) is 11.6 Å². The van der Waals surface area contributed by atoms with Gasteiger partial charge in [-0.05, 0) is 48.2 Å². The molecule has 10 heteroatoms. The molecule has 0 radical (unpaired) electrons. The van der Waals surface area contributed by atoms with Crippen LogP contribution in [0.1, 0.15) is 11.1 Å². The van der Waals surface area contributed by atoms with E-state index < -0.39 is 16.1 Å². The Morgan fingerprint density at radius 2 is 1.74 bits per heavy atom. The molecule has 1 aliphatic rings. The first-order valence-electron chi connectivity index (χ1n) is 11.8. The lowest BCUT2D eigenvalue weighted by Gasteiger charge is -2.18. The molecule has 3 aromatic carbocycles. The van der Waals surface area contributed by atoms with Crippen LogP contribution in [0.5, 0.6) is 5.75 Å². The van der Waals surface area contributed by atoms with Crippen LogP contribution < -0.4 is 15.0 Å². The molecule has 4 rings (SSSR count). The molecule has 3 aromatic rings. The second kappa shape index (κ2) is 12.1. The molecule has 1 fully saturated rings. The molecule has 0 bridgehead atoms. The van der Waals surface area contributed by atoms with E-state index in [9.17, 15) is 25.0 Å². The largest absolute Gasteiger partial charge is 0.497 e. The molecule has 0 aliphatic carbocycles. The average Bonchev–Trinajstić information content (AvgIpc) is 3.25. The third kappa shape index (κ3) is 6.02. The number of carbonyl (C=O) groups excluding carboxylic acids is 2. The molecule has 1 heterocycles. The Balaban J connectivity index is 1.55. The summed E-state index contributed by atoms with van der Waals surface area (Å²) >= 11 is 1.15. The third-order valence-corrected chi connectivity index (χ3v) is 7.21. The van der Waals surface area contributed by atoms with Gasteiger partial charge in [0.05, 0.1) is 17.3 Å². The highest BCUT2D eigenvalue weighted by Gasteiger charge is 2.40. The maximum atomic E-state index is 13.5. The second-order valence-electron chi connectivity index (χ2n) is 8.39. The number of thioether (sulfide) groups is 1. The van der Waals surface area contributed by atoms with Crippen molar-refractivity contribution in [3.8, 4) is 11.8 Å². The Kier molecular flexibility index (Phi) is 8.40. The van der Waals surface area contributed by atoms with Crippen LogP contribution in [-0.2, 0) is 22.4 Å². The maximum absolute atomic E-state index is 13.5. The molecule has 2 amide bonds. The van der Waals surface area contributed by atoms with Crippen LogP contribution in [0.15, 0.2) is 89.5 Å². The number of non-ortho nitro benzene ring substituents is 1. The summed E-state index contributed by atoms with van der Waals surface area (Å²) in [5, 5.41) is 23.4. The standard InChI is InChI=1S/C28H24N4O5S/c1-37-23-13-9-19(10-14-23)15-16-30-26(33)24(18-29)28-31(21-5-3-2-4-6-21)27(34)25(38-28)17-20-7-11-22(12-8-20)32(35)36/h2-14,25H,15-17H2,1H3,(H,30,33)/b28-24-/t25-/m1/s1. The van der Waals surface area contributed by atoms with E-state index in [1.807, 2.05) is 36.4 Å². The summed E-state index contributed by atoms with van der Waals surface area (Å²) in [5.41, 5.74) is 2.09. The molecule has 38 heavy (non-hydrogen) atoms. The first-order chi connectivity index (χ1) is 18.4. The zero-order chi connectivity index (χ0) is 27.1. The minimum absolute atomic E-state index is 0.0382. The maximum Gasteiger partial charge on any atom is 0.269 e. The summed E-state index contributed by atoms with van der Waals surface area (Å²) in [5.74, 6) is -0.0944. The first kappa shape index (κ1) is 26.4. The normalized spacial score (nSPS) is 16.1. The number of nitro benzene ring substituents is 1. The van der Waals surface area contributed by atoms with Crippen molar-refractivity contribution in [3.63, 3.8) is 0 Å². The predicted octanol–water partition coefficient (Wildman–Crippen LogP) is 4.39. The fourth-order valence-corrected chi connectivity index (χ4v) is 5.28. The number of nitro groups is 1. The predicted molar refractivity (Wildman–Crippen MR) is 144 cm³/mol. The van der Waals surface area contributed by atoms with E-state index in [2.05, 4.69) is 5.32 Å². The van der Waals surface area contributed by atoms with Crippen molar-refractivity contribution in [1.82, 2.24) is 5.32 Å². The summed E-state index contributed by atoms with van der Waals surface area (Å²) in [7, 11) is 1.59. The van der Waals surface area contributed by atoms with Gasteiger partial charge in [0.15, 0.2) is 0 Å². The smallest absolute Gasteiger partial charge is 0.269 e. The number of nitrogens with zero attached hydrogens (tertiary/aromatic N) is 3. The Labute approximate surface area is 223 Å². The van der Waals surface area contributed by atoms with Crippen molar-refractivity contribution in [2.75, 3.05) is 18.6 Å². The minimum atomic E-state index is -0.609. The molecular formula is C28H24N4O5S. The van der Waals surface area contributed by atoms with Crippen molar-refractivity contribution in [2.24, 2.45) is 0 Å². The molecule has 1 saturated heterocycles. The number of nitrogens with one attached hydrogen (secondary N) is 1. The number of anilines is 1. The number of hydrogen-bond acceptors (Lipinski definition) is 7. The molecule has 192 valence electrons. The van der Waals surface area contributed by atoms with Crippen molar-refractivity contribution in [1.29, 1.82) is 5.26 Å². The van der Waals surface area contributed by atoms with Crippen molar-refractivity contribution >= 4 is 35.0 Å². The van der Waals surface area contributed by atoms with Gasteiger partial charge in [-0.3, -0.25) is 24.6 Å². The minimum Gasteiger partial charge on any atom is -0.497 e. The lowest BCUT2D eigenvalue weighted by molar-refractivity contribution is -0.384. The average molecular weight is 529 g/mol. The van der Waals surface area contributed by atoms with Gasteiger partial charge in [0.1, 0.15) is 22.4 Å². The van der Waals surface area contributed by atoms with Gasteiger partial charge in [0.2, 0.25) is 5.91 Å². The third-order valence-electron chi connectivity index (χ3n) is 5.95. The van der Waals surface area contributed by atoms with Crippen LogP contribution in [0, 0.1) is 21.4 Å². The lowest BCUT2D eigenvalue weighted by Crippen LogP contribution is -2.32. The van der Waals surface area contributed by atoms with E-state index >= 15 is 0 Å². The summed E-state index contributed by atoms with van der Waals surface area (Å²) in [4.78, 5) is 38.5. The highest BCUT2D eigenvalue weighted by atomic mass is 32.2. The number of amides is 2. The van der Waals surface area contributed by atoms with E-state index in [4.69, 9.17) is 4.74 Å². The summed E-state index contributed by atoms with van der Waals surface area (Å²) in [6.45, 7) is 0.305. The topological polar surface area (TPSA) is 126 Å². The van der Waals surface area contributed by atoms with Crippen LogP contribution in [-0.4, -0.2) is 35.6 Å². The van der Waals surface area contributed by atoms with Gasteiger partial charge < -0.3 is 10.1 Å². The summed E-state index contributed by atoms with van der Waals surface area (Å²) in [6, 6.07) is 24.3. The van der Waals surface area contributed by atoms with Gasteiger partial charge >= 0.3 is 0 Å². The highest BCUT2D eigenvalue weighted by Crippen LogP contribution is 2.41. The van der Waals surface area contributed by atoms with Gasteiger partial charge in [-0.1, -0.05) is 54.2 Å². The Morgan fingerprint density at radius 3 is 2.34 bits per heavy atom. The fourth-order valence-electron chi connectivity index (χ4n) is 3.97. The summed E-state index contributed by atoms with van der Waals surface area (Å²) < 4.78 is 5.16. The van der Waals surface area contributed by atoms with Crippen LogP contribution in [0.2, 0.25) is 0 Å². The highest BCUT2D eigenvalue weighted by molar-refractivity contribution is 8.05. The van der Waals surface area contributed by atoms with Crippen LogP contribution in [0.25, 0.3) is 0 Å². The van der Waals surface area contributed by atoms with E-state index in [0.717, 1.165) is 28.6 Å². The molecule has 1 N–H and O–H groups in total. The van der Waals surface area contributed by atoms with E-state index in [0.29, 0.717) is 18.7 Å². The SMILES string of the molecule is COc1ccc(CCNC(=O)/C(C#N)=C2\S[C@H](Cc3ccc([N+](=O)[O-])cc3)C(=O)N2c2ccccc2)cc1. The number of ether oxygens (including phenoxy) is 1. The molecule has 0 spiro atoms. The van der Waals surface area contributed by atoms with Crippen molar-refractivity contribution in [3.05, 3.63) is 111 Å². The zero-order valence-electron chi connectivity index (χ0n) is 20.5. The summed E-state index contributed by atoms with van der Waals surface area (Å²) in [6.07, 6.45) is 0.840.